The maximum Gasteiger partial charge on any atom is 0.283 e. The van der Waals surface area contributed by atoms with E-state index < -0.39 is 11.8 Å². The number of carbonyl (C=O) groups excluding carboxylic acids is 2. The molecule has 0 saturated carbocycles. The van der Waals surface area contributed by atoms with Gasteiger partial charge in [-0.05, 0) is 49.7 Å². The minimum atomic E-state index is -0.618. The predicted octanol–water partition coefficient (Wildman–Crippen LogP) is 5.87. The van der Waals surface area contributed by atoms with Crippen LogP contribution in [0.15, 0.2) is 64.2 Å². The van der Waals surface area contributed by atoms with E-state index >= 15 is 0 Å². The summed E-state index contributed by atoms with van der Waals surface area (Å²) in [5.41, 5.74) is 2.44. The second-order valence-electron chi connectivity index (χ2n) is 7.55. The van der Waals surface area contributed by atoms with Crippen molar-refractivity contribution < 1.29 is 14.3 Å². The highest BCUT2D eigenvalue weighted by molar-refractivity contribution is 8.04. The summed E-state index contributed by atoms with van der Waals surface area (Å²) < 4.78 is 5.26. The molecule has 0 unspecified atom stereocenters. The lowest BCUT2D eigenvalue weighted by molar-refractivity contribution is -0.120. The molecule has 1 aliphatic heterocycles. The van der Waals surface area contributed by atoms with Crippen LogP contribution in [0.25, 0.3) is 0 Å². The number of methoxy groups -OCH3 is 1. The number of nitriles is 1. The van der Waals surface area contributed by atoms with Crippen LogP contribution in [0.1, 0.15) is 16.8 Å². The quantitative estimate of drug-likeness (QED) is 0.402. The first-order chi connectivity index (χ1) is 16.7. The van der Waals surface area contributed by atoms with Gasteiger partial charge in [-0.3, -0.25) is 9.59 Å². The van der Waals surface area contributed by atoms with Gasteiger partial charge in [0.1, 0.15) is 27.4 Å². The number of hydrogen-bond donors (Lipinski definition) is 1. The SMILES string of the molecule is COc1cccc(NC2=C(Sc3nc(C)cc(C)c3C#N)C(=O)N(c3cccc(Cl)c3Cl)C2=O)c1. The normalized spacial score (nSPS) is 13.3. The zero-order valence-electron chi connectivity index (χ0n) is 18.8. The topological polar surface area (TPSA) is 95.3 Å². The van der Waals surface area contributed by atoms with E-state index in [9.17, 15) is 14.9 Å². The zero-order valence-corrected chi connectivity index (χ0v) is 21.2. The number of nitrogens with zero attached hydrogens (tertiary/aromatic N) is 3. The average molecular weight is 525 g/mol. The van der Waals surface area contributed by atoms with Gasteiger partial charge in [0.2, 0.25) is 0 Å². The molecule has 2 aromatic carbocycles. The van der Waals surface area contributed by atoms with Crippen LogP contribution in [0.2, 0.25) is 10.0 Å². The van der Waals surface area contributed by atoms with E-state index in [4.69, 9.17) is 27.9 Å². The Bertz CT molecular complexity index is 1450. The van der Waals surface area contributed by atoms with E-state index in [1.807, 2.05) is 0 Å². The number of ether oxygens (including phenoxy) is 1. The molecule has 0 fully saturated rings. The molecule has 10 heteroatoms. The van der Waals surface area contributed by atoms with Gasteiger partial charge in [0, 0.05) is 17.4 Å². The number of aryl methyl sites for hydroxylation is 2. The number of halogens is 2. The maximum absolute atomic E-state index is 13.6. The van der Waals surface area contributed by atoms with Crippen molar-refractivity contribution in [2.24, 2.45) is 0 Å². The number of nitrogens with one attached hydrogen (secondary N) is 1. The van der Waals surface area contributed by atoms with Crippen molar-refractivity contribution in [1.82, 2.24) is 4.98 Å². The summed E-state index contributed by atoms with van der Waals surface area (Å²) in [7, 11) is 1.53. The van der Waals surface area contributed by atoms with Crippen LogP contribution in [0.5, 0.6) is 5.75 Å². The highest BCUT2D eigenvalue weighted by Gasteiger charge is 2.42. The smallest absolute Gasteiger partial charge is 0.283 e. The molecule has 176 valence electrons. The van der Waals surface area contributed by atoms with Crippen molar-refractivity contribution >= 4 is 58.2 Å². The molecule has 4 rings (SSSR count). The molecular weight excluding hydrogens is 507 g/mol. The molecule has 0 bridgehead atoms. The number of thioether (sulfide) groups is 1. The van der Waals surface area contributed by atoms with Crippen LogP contribution in [-0.4, -0.2) is 23.9 Å². The van der Waals surface area contributed by atoms with Gasteiger partial charge in [0.25, 0.3) is 11.8 Å². The number of benzene rings is 2. The molecule has 1 aliphatic rings. The second kappa shape index (κ2) is 10.0. The first kappa shape index (κ1) is 24.6. The molecule has 0 atom stereocenters. The highest BCUT2D eigenvalue weighted by Crippen LogP contribution is 2.42. The fraction of sp³-hybridized carbons (Fsp3) is 0.120. The van der Waals surface area contributed by atoms with Crippen molar-refractivity contribution in [1.29, 1.82) is 5.26 Å². The van der Waals surface area contributed by atoms with Crippen LogP contribution in [0.3, 0.4) is 0 Å². The van der Waals surface area contributed by atoms with Gasteiger partial charge in [-0.1, -0.05) is 47.1 Å². The monoisotopic (exact) mass is 524 g/mol. The Labute approximate surface area is 216 Å². The van der Waals surface area contributed by atoms with E-state index in [0.717, 1.165) is 22.2 Å². The standard InChI is InChI=1S/C25H18Cl2N4O3S/c1-13-10-14(2)29-23(17(13)12-28)35-22-21(30-15-6-4-7-16(11-15)34-3)24(32)31(25(22)33)19-9-5-8-18(26)20(19)27/h4-11,30H,1-3H3. The van der Waals surface area contributed by atoms with E-state index in [0.29, 0.717) is 27.7 Å². The van der Waals surface area contributed by atoms with E-state index in [2.05, 4.69) is 16.4 Å². The summed E-state index contributed by atoms with van der Waals surface area (Å²) >= 11 is 13.5. The first-order valence-corrected chi connectivity index (χ1v) is 11.9. The average Bonchev–Trinajstić information content (AvgIpc) is 3.05. The summed E-state index contributed by atoms with van der Waals surface area (Å²) in [6, 6.07) is 15.6. The Kier molecular flexibility index (Phi) is 7.03. The number of hydrogen-bond acceptors (Lipinski definition) is 7. The number of amides is 2. The van der Waals surface area contributed by atoms with E-state index in [-0.39, 0.29) is 26.3 Å². The Morgan fingerprint density at radius 1 is 1.09 bits per heavy atom. The number of pyridine rings is 1. The van der Waals surface area contributed by atoms with Crippen molar-refractivity contribution in [2.75, 3.05) is 17.3 Å². The predicted molar refractivity (Wildman–Crippen MR) is 137 cm³/mol. The summed E-state index contributed by atoms with van der Waals surface area (Å²) in [4.78, 5) is 32.7. The third-order valence-electron chi connectivity index (χ3n) is 5.17. The molecular formula is C25H18Cl2N4O3S. The molecule has 7 nitrogen and oxygen atoms in total. The van der Waals surface area contributed by atoms with Crippen molar-refractivity contribution in [3.8, 4) is 11.8 Å². The van der Waals surface area contributed by atoms with Crippen LogP contribution in [0, 0.1) is 25.2 Å². The molecule has 3 aromatic rings. The Hall–Kier alpha value is -3.51. The Morgan fingerprint density at radius 2 is 1.83 bits per heavy atom. The van der Waals surface area contributed by atoms with Crippen molar-refractivity contribution in [3.63, 3.8) is 0 Å². The van der Waals surface area contributed by atoms with Crippen LogP contribution >= 0.6 is 35.0 Å². The molecule has 2 amide bonds. The second-order valence-corrected chi connectivity index (χ2v) is 9.34. The molecule has 1 N–H and O–H groups in total. The summed E-state index contributed by atoms with van der Waals surface area (Å²) in [6.45, 7) is 3.59. The molecule has 1 aromatic heterocycles. The maximum atomic E-state index is 13.6. The molecule has 0 radical (unpaired) electrons. The fourth-order valence-corrected chi connectivity index (χ4v) is 5.04. The zero-order chi connectivity index (χ0) is 25.3. The Morgan fingerprint density at radius 3 is 2.54 bits per heavy atom. The molecule has 0 aliphatic carbocycles. The van der Waals surface area contributed by atoms with Crippen LogP contribution < -0.4 is 15.0 Å². The number of aromatic nitrogens is 1. The number of anilines is 2. The van der Waals surface area contributed by atoms with E-state index in [1.54, 1.807) is 56.3 Å². The lowest BCUT2D eigenvalue weighted by Crippen LogP contribution is -2.32. The third-order valence-corrected chi connectivity index (χ3v) is 7.06. The van der Waals surface area contributed by atoms with Crippen LogP contribution in [0.4, 0.5) is 11.4 Å². The highest BCUT2D eigenvalue weighted by atomic mass is 35.5. The van der Waals surface area contributed by atoms with Gasteiger partial charge in [0.15, 0.2) is 0 Å². The van der Waals surface area contributed by atoms with Gasteiger partial charge in [-0.2, -0.15) is 5.26 Å². The summed E-state index contributed by atoms with van der Waals surface area (Å²) in [6.07, 6.45) is 0. The van der Waals surface area contributed by atoms with Gasteiger partial charge in [-0.25, -0.2) is 9.88 Å². The van der Waals surface area contributed by atoms with Crippen molar-refractivity contribution in [3.05, 3.63) is 86.0 Å². The number of carbonyl (C=O) groups is 2. The van der Waals surface area contributed by atoms with Gasteiger partial charge in [0.05, 0.1) is 28.4 Å². The van der Waals surface area contributed by atoms with Gasteiger partial charge >= 0.3 is 0 Å². The summed E-state index contributed by atoms with van der Waals surface area (Å²) in [5.74, 6) is -0.661. The minimum absolute atomic E-state index is 0.0224. The lowest BCUT2D eigenvalue weighted by Gasteiger charge is -2.17. The minimum Gasteiger partial charge on any atom is -0.497 e. The van der Waals surface area contributed by atoms with Crippen molar-refractivity contribution in [2.45, 2.75) is 18.9 Å². The third kappa shape index (κ3) is 4.71. The molecule has 0 saturated heterocycles. The lowest BCUT2D eigenvalue weighted by atomic mass is 10.1. The number of imide groups is 1. The molecule has 0 spiro atoms. The van der Waals surface area contributed by atoms with Gasteiger partial charge < -0.3 is 10.1 Å². The summed E-state index contributed by atoms with van der Waals surface area (Å²) in [5, 5.41) is 13.3. The fourth-order valence-electron chi connectivity index (χ4n) is 3.55. The first-order valence-electron chi connectivity index (χ1n) is 10.3. The largest absolute Gasteiger partial charge is 0.497 e. The van der Waals surface area contributed by atoms with E-state index in [1.165, 1.54) is 13.2 Å². The number of rotatable bonds is 6. The molecule has 35 heavy (non-hydrogen) atoms. The van der Waals surface area contributed by atoms with Crippen LogP contribution in [-0.2, 0) is 9.59 Å². The Balaban J connectivity index is 1.85. The van der Waals surface area contributed by atoms with Gasteiger partial charge in [-0.15, -0.1) is 0 Å². The molecule has 2 heterocycles.